The van der Waals surface area contributed by atoms with Crippen LogP contribution in [0.25, 0.3) is 10.9 Å². The minimum atomic E-state index is -0.00562. The van der Waals surface area contributed by atoms with Crippen LogP contribution >= 0.6 is 11.6 Å². The molecular weight excluding hydrogens is 298 g/mol. The second-order valence-corrected chi connectivity index (χ2v) is 6.84. The van der Waals surface area contributed by atoms with Crippen LogP contribution in [0.5, 0.6) is 0 Å². The van der Waals surface area contributed by atoms with Crippen LogP contribution in [-0.2, 0) is 4.79 Å². The molecule has 0 aliphatic heterocycles. The average Bonchev–Trinajstić information content (AvgIpc) is 2.89. The molecule has 3 atom stereocenters. The van der Waals surface area contributed by atoms with E-state index in [1.54, 1.807) is 4.90 Å². The molecule has 0 radical (unpaired) electrons. The Morgan fingerprint density at radius 3 is 2.77 bits per heavy atom. The van der Waals surface area contributed by atoms with E-state index in [0.29, 0.717) is 0 Å². The lowest BCUT2D eigenvalue weighted by molar-refractivity contribution is -0.134. The Morgan fingerprint density at radius 2 is 2.09 bits per heavy atom. The summed E-state index contributed by atoms with van der Waals surface area (Å²) in [6, 6.07) is 8.23. The number of nitrogens with zero attached hydrogens (tertiary/aromatic N) is 2. The van der Waals surface area contributed by atoms with Gasteiger partial charge in [0.05, 0.1) is 0 Å². The van der Waals surface area contributed by atoms with E-state index in [-0.39, 0.29) is 23.9 Å². The predicted octanol–water partition coefficient (Wildman–Crippen LogP) is 3.05. The fourth-order valence-corrected chi connectivity index (χ4v) is 3.73. The topological polar surface area (TPSA) is 51.3 Å². The van der Waals surface area contributed by atoms with Crippen molar-refractivity contribution in [3.63, 3.8) is 0 Å². The van der Waals surface area contributed by atoms with Crippen molar-refractivity contribution >= 4 is 28.4 Å². The number of carbonyl (C=O) groups excluding carboxylic acids is 1. The zero-order valence-corrected chi connectivity index (χ0v) is 13.8. The van der Waals surface area contributed by atoms with Crippen molar-refractivity contribution in [2.45, 2.75) is 31.3 Å². The Hall–Kier alpha value is -1.52. The van der Waals surface area contributed by atoms with Crippen LogP contribution in [0.15, 0.2) is 30.5 Å². The standard InChI is InChI=1S/C17H22ClN3O/c1-20(2)17(22)12-3-5-16(14(19)10-12)21-8-7-11-9-13(18)4-6-15(11)21/h4,6-9,12,14,16H,3,5,10,19H2,1-2H3/t12-,14+,16-/m0/s1. The summed E-state index contributed by atoms with van der Waals surface area (Å²) >= 11 is 6.05. The van der Waals surface area contributed by atoms with Crippen LogP contribution < -0.4 is 5.73 Å². The molecule has 1 fully saturated rings. The molecule has 0 saturated heterocycles. The van der Waals surface area contributed by atoms with Gasteiger partial charge in [0.2, 0.25) is 5.91 Å². The lowest BCUT2D eigenvalue weighted by atomic mass is 9.82. The van der Waals surface area contributed by atoms with Gasteiger partial charge in [0.25, 0.3) is 0 Å². The molecule has 1 heterocycles. The minimum Gasteiger partial charge on any atom is -0.349 e. The van der Waals surface area contributed by atoms with Gasteiger partial charge in [-0.05, 0) is 43.5 Å². The van der Waals surface area contributed by atoms with Crippen LogP contribution in [-0.4, -0.2) is 35.5 Å². The second kappa shape index (κ2) is 5.94. The molecule has 1 aliphatic carbocycles. The minimum absolute atomic E-state index is 0.00562. The summed E-state index contributed by atoms with van der Waals surface area (Å²) in [5, 5.41) is 1.88. The first-order valence-electron chi connectivity index (χ1n) is 7.70. The molecule has 1 amide bonds. The van der Waals surface area contributed by atoms with Gasteiger partial charge >= 0.3 is 0 Å². The Bertz CT molecular complexity index is 694. The molecule has 22 heavy (non-hydrogen) atoms. The van der Waals surface area contributed by atoms with Gasteiger partial charge in [-0.25, -0.2) is 0 Å². The molecule has 4 nitrogen and oxygen atoms in total. The first-order chi connectivity index (χ1) is 10.5. The molecule has 5 heteroatoms. The third-order valence-corrected chi connectivity index (χ3v) is 4.93. The van der Waals surface area contributed by atoms with Crippen LogP contribution in [0, 0.1) is 5.92 Å². The van der Waals surface area contributed by atoms with E-state index >= 15 is 0 Å². The summed E-state index contributed by atoms with van der Waals surface area (Å²) in [4.78, 5) is 13.8. The van der Waals surface area contributed by atoms with Crippen LogP contribution in [0.4, 0.5) is 0 Å². The van der Waals surface area contributed by atoms with Crippen molar-refractivity contribution in [2.75, 3.05) is 14.1 Å². The number of fused-ring (bicyclic) bond motifs is 1. The molecule has 2 N–H and O–H groups in total. The first-order valence-corrected chi connectivity index (χ1v) is 8.08. The van der Waals surface area contributed by atoms with Crippen molar-refractivity contribution in [3.05, 3.63) is 35.5 Å². The van der Waals surface area contributed by atoms with Crippen molar-refractivity contribution in [1.82, 2.24) is 9.47 Å². The highest BCUT2D eigenvalue weighted by Gasteiger charge is 2.33. The summed E-state index contributed by atoms with van der Waals surface area (Å²) < 4.78 is 2.24. The maximum absolute atomic E-state index is 12.1. The molecule has 1 aliphatic rings. The predicted molar refractivity (Wildman–Crippen MR) is 90.0 cm³/mol. The average molecular weight is 320 g/mol. The molecule has 1 saturated carbocycles. The number of carbonyl (C=O) groups is 1. The van der Waals surface area contributed by atoms with E-state index in [2.05, 4.69) is 16.8 Å². The summed E-state index contributed by atoms with van der Waals surface area (Å²) in [7, 11) is 3.62. The van der Waals surface area contributed by atoms with Gasteiger partial charge in [-0.15, -0.1) is 0 Å². The molecule has 118 valence electrons. The van der Waals surface area contributed by atoms with Crippen molar-refractivity contribution in [1.29, 1.82) is 0 Å². The van der Waals surface area contributed by atoms with E-state index < -0.39 is 0 Å². The van der Waals surface area contributed by atoms with Gasteiger partial charge in [-0.3, -0.25) is 4.79 Å². The Kier molecular flexibility index (Phi) is 4.15. The Labute approximate surface area is 135 Å². The zero-order valence-electron chi connectivity index (χ0n) is 13.0. The van der Waals surface area contributed by atoms with Crippen LogP contribution in [0.3, 0.4) is 0 Å². The van der Waals surface area contributed by atoms with E-state index in [1.165, 1.54) is 0 Å². The summed E-state index contributed by atoms with van der Waals surface area (Å²) in [5.41, 5.74) is 7.56. The maximum atomic E-state index is 12.1. The largest absolute Gasteiger partial charge is 0.349 e. The highest BCUT2D eigenvalue weighted by Crippen LogP contribution is 2.35. The molecule has 1 aromatic heterocycles. The molecule has 3 rings (SSSR count). The van der Waals surface area contributed by atoms with Crippen LogP contribution in [0.1, 0.15) is 25.3 Å². The monoisotopic (exact) mass is 319 g/mol. The molecule has 1 aromatic carbocycles. The normalized spacial score (nSPS) is 25.4. The lowest BCUT2D eigenvalue weighted by Crippen LogP contribution is -2.42. The number of benzene rings is 1. The number of hydrogen-bond donors (Lipinski definition) is 1. The first kappa shape index (κ1) is 15.4. The smallest absolute Gasteiger partial charge is 0.225 e. The number of hydrogen-bond acceptors (Lipinski definition) is 2. The summed E-state index contributed by atoms with van der Waals surface area (Å²) in [6.45, 7) is 0. The number of halogens is 1. The lowest BCUT2D eigenvalue weighted by Gasteiger charge is -2.35. The van der Waals surface area contributed by atoms with Gasteiger partial charge < -0.3 is 15.2 Å². The van der Waals surface area contributed by atoms with Gasteiger partial charge in [-0.2, -0.15) is 0 Å². The maximum Gasteiger partial charge on any atom is 0.225 e. The molecule has 0 spiro atoms. The summed E-state index contributed by atoms with van der Waals surface area (Å²) in [6.07, 6.45) is 4.65. The fraction of sp³-hybridized carbons (Fsp3) is 0.471. The highest BCUT2D eigenvalue weighted by atomic mass is 35.5. The van der Waals surface area contributed by atoms with E-state index in [4.69, 9.17) is 17.3 Å². The number of nitrogens with two attached hydrogens (primary N) is 1. The molecule has 2 aromatic rings. The van der Waals surface area contributed by atoms with Crippen LogP contribution in [0.2, 0.25) is 5.02 Å². The molecule has 0 unspecified atom stereocenters. The molecule has 0 bridgehead atoms. The van der Waals surface area contributed by atoms with E-state index in [1.807, 2.05) is 32.3 Å². The SMILES string of the molecule is CN(C)C(=O)[C@H]1CC[C@H](n2ccc3cc(Cl)ccc32)[C@H](N)C1. The van der Waals surface area contributed by atoms with Gasteiger partial charge in [0.15, 0.2) is 0 Å². The fourth-order valence-electron chi connectivity index (χ4n) is 3.55. The number of rotatable bonds is 2. The van der Waals surface area contributed by atoms with Crippen molar-refractivity contribution in [3.8, 4) is 0 Å². The number of aromatic nitrogens is 1. The third-order valence-electron chi connectivity index (χ3n) is 4.69. The van der Waals surface area contributed by atoms with E-state index in [0.717, 1.165) is 35.2 Å². The van der Waals surface area contributed by atoms with E-state index in [9.17, 15) is 4.79 Å². The third kappa shape index (κ3) is 2.73. The zero-order chi connectivity index (χ0) is 15.9. The molecular formula is C17H22ClN3O. The van der Waals surface area contributed by atoms with Gasteiger partial charge in [-0.1, -0.05) is 11.6 Å². The Morgan fingerprint density at radius 1 is 1.32 bits per heavy atom. The van der Waals surface area contributed by atoms with Gasteiger partial charge in [0.1, 0.15) is 0 Å². The highest BCUT2D eigenvalue weighted by molar-refractivity contribution is 6.31. The summed E-state index contributed by atoms with van der Waals surface area (Å²) in [5.74, 6) is 0.246. The van der Waals surface area contributed by atoms with Gasteiger partial charge in [0, 0.05) is 54.2 Å². The quantitative estimate of drug-likeness (QED) is 0.925. The second-order valence-electron chi connectivity index (χ2n) is 6.40. The van der Waals surface area contributed by atoms with Crippen molar-refractivity contribution < 1.29 is 4.79 Å². The number of amides is 1. The van der Waals surface area contributed by atoms with Crippen molar-refractivity contribution in [2.24, 2.45) is 11.7 Å². The Balaban J connectivity index is 1.82.